The number of halogens is 3. The van der Waals surface area contributed by atoms with Crippen molar-refractivity contribution in [2.75, 3.05) is 39.3 Å². The molecule has 2 aliphatic carbocycles. The molecule has 3 fully saturated rings. The molecule has 1 aromatic rings. The first-order chi connectivity index (χ1) is 14.7. The number of amides is 2. The summed E-state index contributed by atoms with van der Waals surface area (Å²) >= 11 is 0. The molecule has 1 unspecified atom stereocenters. The van der Waals surface area contributed by atoms with Gasteiger partial charge in [0, 0.05) is 45.2 Å². The molecule has 31 heavy (non-hydrogen) atoms. The van der Waals surface area contributed by atoms with Crippen LogP contribution in [-0.2, 0) is 22.2 Å². The summed E-state index contributed by atoms with van der Waals surface area (Å²) in [5, 5.41) is 5.90. The summed E-state index contributed by atoms with van der Waals surface area (Å²) in [4.78, 5) is 42.3. The molecule has 0 spiro atoms. The first-order valence-corrected chi connectivity index (χ1v) is 10.7. The number of piperazine rings is 1. The van der Waals surface area contributed by atoms with E-state index in [9.17, 15) is 27.6 Å². The first kappa shape index (κ1) is 20.5. The fraction of sp³-hybridized carbons (Fsp3) is 0.700. The fourth-order valence-electron chi connectivity index (χ4n) is 5.02. The van der Waals surface area contributed by atoms with Gasteiger partial charge in [0.1, 0.15) is 5.56 Å². The Morgan fingerprint density at radius 2 is 1.52 bits per heavy atom. The van der Waals surface area contributed by atoms with Gasteiger partial charge in [-0.1, -0.05) is 0 Å². The lowest BCUT2D eigenvalue weighted by Gasteiger charge is -2.45. The summed E-state index contributed by atoms with van der Waals surface area (Å²) in [6.45, 7) is 3.10. The van der Waals surface area contributed by atoms with Gasteiger partial charge in [-0.05, 0) is 31.2 Å². The minimum atomic E-state index is -4.72. The van der Waals surface area contributed by atoms with Crippen molar-refractivity contribution in [3.63, 3.8) is 0 Å². The van der Waals surface area contributed by atoms with E-state index in [1.54, 1.807) is 4.90 Å². The monoisotopic (exact) mass is 439 g/mol. The topological polar surface area (TPSA) is 89.6 Å². The highest BCUT2D eigenvalue weighted by molar-refractivity contribution is 5.82. The average molecular weight is 439 g/mol. The Balaban J connectivity index is 1.19. The van der Waals surface area contributed by atoms with Crippen LogP contribution in [0.5, 0.6) is 0 Å². The Kier molecular flexibility index (Phi) is 4.83. The number of hydrogen-bond donors (Lipinski definition) is 1. The zero-order chi connectivity index (χ0) is 21.9. The second kappa shape index (κ2) is 7.32. The number of H-pyrrole nitrogens is 1. The molecule has 1 N–H and O–H groups in total. The maximum absolute atomic E-state index is 13.3. The van der Waals surface area contributed by atoms with Gasteiger partial charge in [0.05, 0.1) is 17.7 Å². The largest absolute Gasteiger partial charge is 0.422 e. The van der Waals surface area contributed by atoms with Gasteiger partial charge in [-0.2, -0.15) is 18.3 Å². The molecule has 1 saturated carbocycles. The average Bonchev–Trinajstić information content (AvgIpc) is 3.46. The van der Waals surface area contributed by atoms with Crippen LogP contribution in [0.3, 0.4) is 0 Å². The highest BCUT2D eigenvalue weighted by Crippen LogP contribution is 2.42. The lowest BCUT2D eigenvalue weighted by Crippen LogP contribution is -2.58. The van der Waals surface area contributed by atoms with Crippen LogP contribution in [0.4, 0.5) is 13.2 Å². The molecular formula is C20H24F3N5O3. The van der Waals surface area contributed by atoms with Crippen molar-refractivity contribution >= 4 is 11.8 Å². The maximum Gasteiger partial charge on any atom is 0.422 e. The van der Waals surface area contributed by atoms with Crippen LogP contribution in [-0.4, -0.2) is 76.0 Å². The number of carbonyl (C=O) groups excluding carboxylic acids is 2. The number of likely N-dealkylation sites (tertiary alicyclic amines) is 1. The Labute approximate surface area is 176 Å². The summed E-state index contributed by atoms with van der Waals surface area (Å²) < 4.78 is 39.9. The highest BCUT2D eigenvalue weighted by Gasteiger charge is 2.46. The van der Waals surface area contributed by atoms with Crippen molar-refractivity contribution < 1.29 is 22.8 Å². The predicted octanol–water partition coefficient (Wildman–Crippen LogP) is 0.789. The SMILES string of the molecule is O=C(C1CC1)N1CCN(C(=O)C2CN(C3CCc4c3n[nH]c(=O)c4C(F)(F)F)C2)CC1. The Morgan fingerprint density at radius 3 is 2.06 bits per heavy atom. The number of carbonyl (C=O) groups is 2. The summed E-state index contributed by atoms with van der Waals surface area (Å²) in [5.41, 5.74) is -2.10. The van der Waals surface area contributed by atoms with Crippen molar-refractivity contribution in [1.82, 2.24) is 24.9 Å². The number of nitrogens with zero attached hydrogens (tertiary/aromatic N) is 4. The minimum absolute atomic E-state index is 0.0209. The number of fused-ring (bicyclic) bond motifs is 1. The first-order valence-electron chi connectivity index (χ1n) is 10.7. The van der Waals surface area contributed by atoms with Crippen molar-refractivity contribution in [1.29, 1.82) is 0 Å². The van der Waals surface area contributed by atoms with Gasteiger partial charge in [0.15, 0.2) is 0 Å². The van der Waals surface area contributed by atoms with Crippen LogP contribution in [0.1, 0.15) is 42.1 Å². The molecule has 2 aliphatic heterocycles. The third-order valence-electron chi connectivity index (χ3n) is 6.91. The Bertz CT molecular complexity index is 960. The van der Waals surface area contributed by atoms with Gasteiger partial charge in [0.2, 0.25) is 11.8 Å². The highest BCUT2D eigenvalue weighted by atomic mass is 19.4. The van der Waals surface area contributed by atoms with Gasteiger partial charge < -0.3 is 9.80 Å². The molecule has 0 aromatic carbocycles. The van der Waals surface area contributed by atoms with E-state index in [0.717, 1.165) is 12.8 Å². The van der Waals surface area contributed by atoms with Gasteiger partial charge in [-0.25, -0.2) is 5.10 Å². The molecule has 11 heteroatoms. The van der Waals surface area contributed by atoms with Crippen molar-refractivity contribution in [3.05, 3.63) is 27.2 Å². The summed E-state index contributed by atoms with van der Waals surface area (Å²) in [6, 6.07) is -0.315. The molecule has 0 bridgehead atoms. The summed E-state index contributed by atoms with van der Waals surface area (Å²) in [5.74, 6) is 0.224. The number of nitrogens with one attached hydrogen (secondary N) is 1. The third kappa shape index (κ3) is 3.62. The van der Waals surface area contributed by atoms with E-state index < -0.39 is 17.3 Å². The van der Waals surface area contributed by atoms with E-state index in [1.807, 2.05) is 14.9 Å². The van der Waals surface area contributed by atoms with E-state index in [-0.39, 0.29) is 47.4 Å². The molecule has 1 atom stereocenters. The zero-order valence-electron chi connectivity index (χ0n) is 17.0. The molecule has 8 nitrogen and oxygen atoms in total. The molecule has 1 aromatic heterocycles. The van der Waals surface area contributed by atoms with Crippen molar-refractivity contribution in [2.24, 2.45) is 11.8 Å². The van der Waals surface area contributed by atoms with E-state index in [0.29, 0.717) is 45.7 Å². The normalized spacial score (nSPS) is 24.8. The fourth-order valence-corrected chi connectivity index (χ4v) is 5.02. The van der Waals surface area contributed by atoms with E-state index in [1.165, 1.54) is 0 Å². The molecule has 0 radical (unpaired) electrons. The lowest BCUT2D eigenvalue weighted by molar-refractivity contribution is -0.147. The number of hydrogen-bond acceptors (Lipinski definition) is 5. The van der Waals surface area contributed by atoms with Crippen LogP contribution in [0, 0.1) is 11.8 Å². The number of aromatic amines is 1. The smallest absolute Gasteiger partial charge is 0.339 e. The van der Waals surface area contributed by atoms with Gasteiger partial charge in [-0.3, -0.25) is 19.3 Å². The Morgan fingerprint density at radius 1 is 0.935 bits per heavy atom. The third-order valence-corrected chi connectivity index (χ3v) is 6.91. The van der Waals surface area contributed by atoms with Crippen LogP contribution in [0.2, 0.25) is 0 Å². The molecule has 4 aliphatic rings. The molecule has 5 rings (SSSR count). The Hall–Kier alpha value is -2.43. The minimum Gasteiger partial charge on any atom is -0.339 e. The quantitative estimate of drug-likeness (QED) is 0.752. The second-order valence-electron chi connectivity index (χ2n) is 8.92. The second-order valence-corrected chi connectivity index (χ2v) is 8.92. The van der Waals surface area contributed by atoms with Crippen LogP contribution in [0.25, 0.3) is 0 Å². The molecular weight excluding hydrogens is 415 g/mol. The number of aromatic nitrogens is 2. The standard InChI is InChI=1S/C20H24F3N5O3/c21-20(22,23)15-13-3-4-14(16(13)24-25-17(15)29)28-9-12(10-28)19(31)27-7-5-26(6-8-27)18(30)11-1-2-11/h11-12,14H,1-10H2,(H,25,29). The van der Waals surface area contributed by atoms with E-state index in [2.05, 4.69) is 5.10 Å². The maximum atomic E-state index is 13.3. The molecule has 3 heterocycles. The van der Waals surface area contributed by atoms with Gasteiger partial charge in [0.25, 0.3) is 5.56 Å². The number of alkyl halides is 3. The van der Waals surface area contributed by atoms with Gasteiger partial charge in [-0.15, -0.1) is 0 Å². The van der Waals surface area contributed by atoms with E-state index >= 15 is 0 Å². The van der Waals surface area contributed by atoms with Crippen molar-refractivity contribution in [3.8, 4) is 0 Å². The van der Waals surface area contributed by atoms with Crippen molar-refractivity contribution in [2.45, 2.75) is 37.9 Å². The molecule has 168 valence electrons. The van der Waals surface area contributed by atoms with Crippen LogP contribution >= 0.6 is 0 Å². The summed E-state index contributed by atoms with van der Waals surface area (Å²) in [6.07, 6.45) is -2.18. The van der Waals surface area contributed by atoms with Crippen LogP contribution in [0.15, 0.2) is 4.79 Å². The predicted molar refractivity (Wildman–Crippen MR) is 102 cm³/mol. The van der Waals surface area contributed by atoms with Crippen LogP contribution < -0.4 is 5.56 Å². The zero-order valence-corrected chi connectivity index (χ0v) is 17.0. The molecule has 2 saturated heterocycles. The lowest BCUT2D eigenvalue weighted by atomic mass is 9.94. The molecule has 2 amide bonds. The van der Waals surface area contributed by atoms with Gasteiger partial charge >= 0.3 is 6.18 Å². The van der Waals surface area contributed by atoms with E-state index in [4.69, 9.17) is 0 Å². The summed E-state index contributed by atoms with van der Waals surface area (Å²) in [7, 11) is 0. The number of rotatable bonds is 3.